The summed E-state index contributed by atoms with van der Waals surface area (Å²) < 4.78 is 11.4. The third-order valence-electron chi connectivity index (χ3n) is 5.57. The molecule has 9 heteroatoms. The van der Waals surface area contributed by atoms with Gasteiger partial charge in [0.15, 0.2) is 5.79 Å². The number of hydrogen-bond donors (Lipinski definition) is 0. The van der Waals surface area contributed by atoms with Gasteiger partial charge in [0.2, 0.25) is 5.91 Å². The summed E-state index contributed by atoms with van der Waals surface area (Å²) in [5.74, 6) is -1.09. The average molecular weight is 375 g/mol. The SMILES string of the molecule is Cc1cc([N+](=O)[O-])ccc1N1C(=O)C[C@H](N2CCC3(CC2)OCCO3)C1=O. The fourth-order valence-electron chi connectivity index (χ4n) is 4.12. The van der Waals surface area contributed by atoms with Gasteiger partial charge < -0.3 is 9.47 Å². The van der Waals surface area contributed by atoms with Crippen molar-refractivity contribution in [1.29, 1.82) is 0 Å². The second-order valence-electron chi connectivity index (χ2n) is 7.16. The normalized spacial score (nSPS) is 25.5. The number of piperidine rings is 1. The Morgan fingerprint density at radius 2 is 1.85 bits per heavy atom. The van der Waals surface area contributed by atoms with Crippen molar-refractivity contribution >= 4 is 23.2 Å². The van der Waals surface area contributed by atoms with Crippen LogP contribution >= 0.6 is 0 Å². The predicted molar refractivity (Wildman–Crippen MR) is 94.2 cm³/mol. The van der Waals surface area contributed by atoms with Crippen LogP contribution in [0.25, 0.3) is 0 Å². The molecule has 0 aromatic heterocycles. The van der Waals surface area contributed by atoms with Gasteiger partial charge in [0.05, 0.1) is 36.3 Å². The lowest BCUT2D eigenvalue weighted by atomic mass is 10.0. The first kappa shape index (κ1) is 18.0. The highest BCUT2D eigenvalue weighted by atomic mass is 16.7. The molecule has 2 amide bonds. The van der Waals surface area contributed by atoms with Crippen LogP contribution in [0.4, 0.5) is 11.4 Å². The zero-order chi connectivity index (χ0) is 19.2. The molecule has 144 valence electrons. The second kappa shape index (κ2) is 6.66. The topological polar surface area (TPSA) is 102 Å². The van der Waals surface area contributed by atoms with Crippen LogP contribution in [-0.4, -0.2) is 59.8 Å². The van der Waals surface area contributed by atoms with Crippen molar-refractivity contribution in [2.45, 2.75) is 38.0 Å². The maximum atomic E-state index is 13.0. The van der Waals surface area contributed by atoms with Gasteiger partial charge in [0.25, 0.3) is 11.6 Å². The molecule has 3 aliphatic rings. The van der Waals surface area contributed by atoms with Crippen LogP contribution in [-0.2, 0) is 19.1 Å². The van der Waals surface area contributed by atoms with Crippen molar-refractivity contribution < 1.29 is 24.0 Å². The van der Waals surface area contributed by atoms with Crippen LogP contribution in [0.15, 0.2) is 18.2 Å². The Kier molecular flexibility index (Phi) is 4.45. The molecule has 3 heterocycles. The summed E-state index contributed by atoms with van der Waals surface area (Å²) in [4.78, 5) is 39.1. The van der Waals surface area contributed by atoms with Gasteiger partial charge in [-0.25, -0.2) is 4.90 Å². The molecule has 0 saturated carbocycles. The number of nitro groups is 1. The van der Waals surface area contributed by atoms with Crippen molar-refractivity contribution in [3.63, 3.8) is 0 Å². The predicted octanol–water partition coefficient (Wildman–Crippen LogP) is 1.37. The number of nitrogens with zero attached hydrogens (tertiary/aromatic N) is 3. The Labute approximate surface area is 156 Å². The molecule has 3 fully saturated rings. The zero-order valence-electron chi connectivity index (χ0n) is 15.1. The van der Waals surface area contributed by atoms with E-state index in [-0.39, 0.29) is 23.9 Å². The van der Waals surface area contributed by atoms with Gasteiger partial charge >= 0.3 is 0 Å². The molecular weight excluding hydrogens is 354 g/mol. The summed E-state index contributed by atoms with van der Waals surface area (Å²) in [6, 6.07) is 3.65. The molecule has 0 unspecified atom stereocenters. The fraction of sp³-hybridized carbons (Fsp3) is 0.556. The Morgan fingerprint density at radius 3 is 2.44 bits per heavy atom. The van der Waals surface area contributed by atoms with E-state index in [1.807, 2.05) is 4.90 Å². The Balaban J connectivity index is 1.50. The number of imide groups is 1. The van der Waals surface area contributed by atoms with Crippen LogP contribution in [0.3, 0.4) is 0 Å². The molecule has 4 rings (SSSR count). The molecule has 0 bridgehead atoms. The largest absolute Gasteiger partial charge is 0.347 e. The number of anilines is 1. The zero-order valence-corrected chi connectivity index (χ0v) is 15.1. The summed E-state index contributed by atoms with van der Waals surface area (Å²) >= 11 is 0. The number of ether oxygens (including phenoxy) is 2. The minimum atomic E-state index is -0.531. The minimum Gasteiger partial charge on any atom is -0.347 e. The van der Waals surface area contributed by atoms with E-state index in [0.29, 0.717) is 50.4 Å². The monoisotopic (exact) mass is 375 g/mol. The highest BCUT2D eigenvalue weighted by molar-refractivity contribution is 6.22. The Morgan fingerprint density at radius 1 is 1.19 bits per heavy atom. The summed E-state index contributed by atoms with van der Waals surface area (Å²) in [6.45, 7) is 4.09. The van der Waals surface area contributed by atoms with Crippen LogP contribution in [0, 0.1) is 17.0 Å². The lowest BCUT2D eigenvalue weighted by Gasteiger charge is -2.39. The number of hydrogen-bond acceptors (Lipinski definition) is 7. The van der Waals surface area contributed by atoms with Crippen LogP contribution in [0.5, 0.6) is 0 Å². The van der Waals surface area contributed by atoms with E-state index in [0.717, 1.165) is 4.90 Å². The lowest BCUT2D eigenvalue weighted by molar-refractivity contribution is -0.384. The molecule has 1 atom stereocenters. The Hall–Kier alpha value is -2.36. The molecule has 27 heavy (non-hydrogen) atoms. The van der Waals surface area contributed by atoms with Crippen molar-refractivity contribution in [2.75, 3.05) is 31.2 Å². The maximum absolute atomic E-state index is 13.0. The summed E-state index contributed by atoms with van der Waals surface area (Å²) in [5.41, 5.74) is 0.871. The number of benzene rings is 1. The van der Waals surface area contributed by atoms with Gasteiger partial charge in [-0.15, -0.1) is 0 Å². The van der Waals surface area contributed by atoms with E-state index in [1.54, 1.807) is 6.92 Å². The number of amides is 2. The molecule has 3 saturated heterocycles. The quantitative estimate of drug-likeness (QED) is 0.447. The Bertz CT molecular complexity index is 794. The molecule has 0 aliphatic carbocycles. The van der Waals surface area contributed by atoms with Gasteiger partial charge in [-0.05, 0) is 18.6 Å². The number of likely N-dealkylation sites (tertiary alicyclic amines) is 1. The van der Waals surface area contributed by atoms with Gasteiger partial charge in [-0.1, -0.05) is 0 Å². The molecular formula is C18H21N3O6. The summed E-state index contributed by atoms with van der Waals surface area (Å²) in [6.07, 6.45) is 1.45. The van der Waals surface area contributed by atoms with Gasteiger partial charge in [-0.2, -0.15) is 0 Å². The standard InChI is InChI=1S/C18H21N3O6/c1-12-10-13(21(24)25)2-3-14(12)20-16(22)11-15(17(20)23)19-6-4-18(5-7-19)26-8-9-27-18/h2-3,10,15H,4-9,11H2,1H3/t15-/m0/s1. The van der Waals surface area contributed by atoms with E-state index in [9.17, 15) is 19.7 Å². The van der Waals surface area contributed by atoms with Crippen molar-refractivity contribution in [2.24, 2.45) is 0 Å². The van der Waals surface area contributed by atoms with Gasteiger partial charge in [0.1, 0.15) is 0 Å². The van der Waals surface area contributed by atoms with E-state index in [1.165, 1.54) is 18.2 Å². The summed E-state index contributed by atoms with van der Waals surface area (Å²) in [7, 11) is 0. The van der Waals surface area contributed by atoms with E-state index in [2.05, 4.69) is 0 Å². The fourth-order valence-corrected chi connectivity index (χ4v) is 4.12. The third kappa shape index (κ3) is 3.11. The van der Waals surface area contributed by atoms with Crippen molar-refractivity contribution in [1.82, 2.24) is 4.90 Å². The third-order valence-corrected chi connectivity index (χ3v) is 5.57. The van der Waals surface area contributed by atoms with E-state index in [4.69, 9.17) is 9.47 Å². The molecule has 0 N–H and O–H groups in total. The maximum Gasteiger partial charge on any atom is 0.269 e. The highest BCUT2D eigenvalue weighted by Crippen LogP contribution is 2.35. The highest BCUT2D eigenvalue weighted by Gasteiger charge is 2.47. The number of rotatable bonds is 3. The average Bonchev–Trinajstić information content (AvgIpc) is 3.21. The minimum absolute atomic E-state index is 0.0650. The number of non-ortho nitro benzene ring substituents is 1. The molecule has 1 spiro atoms. The number of aryl methyl sites for hydroxylation is 1. The van der Waals surface area contributed by atoms with Gasteiger partial charge in [0, 0.05) is 38.1 Å². The molecule has 1 aromatic rings. The van der Waals surface area contributed by atoms with E-state index >= 15 is 0 Å². The van der Waals surface area contributed by atoms with Crippen LogP contribution in [0.2, 0.25) is 0 Å². The lowest BCUT2D eigenvalue weighted by Crippen LogP contribution is -2.51. The number of nitro benzene ring substituents is 1. The van der Waals surface area contributed by atoms with Crippen molar-refractivity contribution in [3.05, 3.63) is 33.9 Å². The van der Waals surface area contributed by atoms with Crippen molar-refractivity contribution in [3.8, 4) is 0 Å². The second-order valence-corrected chi connectivity index (χ2v) is 7.16. The first-order chi connectivity index (χ1) is 12.9. The smallest absolute Gasteiger partial charge is 0.269 e. The van der Waals surface area contributed by atoms with Crippen LogP contribution in [0.1, 0.15) is 24.8 Å². The molecule has 9 nitrogen and oxygen atoms in total. The number of carbonyl (C=O) groups excluding carboxylic acids is 2. The first-order valence-electron chi connectivity index (χ1n) is 9.04. The first-order valence-corrected chi connectivity index (χ1v) is 9.04. The summed E-state index contributed by atoms with van der Waals surface area (Å²) in [5, 5.41) is 10.9. The molecule has 1 aromatic carbocycles. The van der Waals surface area contributed by atoms with Gasteiger partial charge in [-0.3, -0.25) is 24.6 Å². The van der Waals surface area contributed by atoms with Crippen LogP contribution < -0.4 is 4.90 Å². The molecule has 3 aliphatic heterocycles. The molecule has 0 radical (unpaired) electrons. The number of carbonyl (C=O) groups is 2. The van der Waals surface area contributed by atoms with E-state index < -0.39 is 16.8 Å².